The summed E-state index contributed by atoms with van der Waals surface area (Å²) in [7, 11) is 0. The van der Waals surface area contributed by atoms with Crippen LogP contribution in [0.25, 0.3) is 0 Å². The minimum Gasteiger partial charge on any atom is -0.327 e. The van der Waals surface area contributed by atoms with Gasteiger partial charge in [0.15, 0.2) is 0 Å². The Kier molecular flexibility index (Phi) is 1.53. The van der Waals surface area contributed by atoms with Crippen molar-refractivity contribution in [3.63, 3.8) is 0 Å². The van der Waals surface area contributed by atoms with Crippen LogP contribution in [-0.2, 0) is 0 Å². The fourth-order valence-corrected chi connectivity index (χ4v) is 2.22. The van der Waals surface area contributed by atoms with Gasteiger partial charge in [0.05, 0.1) is 0 Å². The molecule has 56 valence electrons. The molecule has 1 nitrogen and oxygen atoms in total. The van der Waals surface area contributed by atoms with Gasteiger partial charge in [-0.25, -0.2) is 0 Å². The Morgan fingerprint density at radius 1 is 1.30 bits per heavy atom. The van der Waals surface area contributed by atoms with Gasteiger partial charge in [-0.3, -0.25) is 0 Å². The minimum absolute atomic E-state index is 0.501. The lowest BCUT2D eigenvalue weighted by Crippen LogP contribution is -2.36. The first kappa shape index (κ1) is 6.41. The van der Waals surface area contributed by atoms with Crippen molar-refractivity contribution in [2.45, 2.75) is 31.7 Å². The van der Waals surface area contributed by atoms with E-state index in [0.717, 1.165) is 11.8 Å². The third-order valence-electron chi connectivity index (χ3n) is 2.93. The Morgan fingerprint density at radius 3 is 3.00 bits per heavy atom. The van der Waals surface area contributed by atoms with Crippen molar-refractivity contribution in [2.75, 3.05) is 0 Å². The summed E-state index contributed by atoms with van der Waals surface area (Å²) in [5.41, 5.74) is 5.95. The van der Waals surface area contributed by atoms with Gasteiger partial charge >= 0.3 is 0 Å². The lowest BCUT2D eigenvalue weighted by atomic mass is 9.73. The molecule has 1 heteroatoms. The predicted molar refractivity (Wildman–Crippen MR) is 42.6 cm³/mol. The van der Waals surface area contributed by atoms with E-state index in [0.29, 0.717) is 6.04 Å². The standard InChI is InChI=1S/C9H15N/c10-9-5-4-7-2-1-3-8(9)6-7/h1-2,7-9H,3-6,10H2. The first-order valence-electron chi connectivity index (χ1n) is 4.28. The topological polar surface area (TPSA) is 26.0 Å². The van der Waals surface area contributed by atoms with Crippen LogP contribution in [0.4, 0.5) is 0 Å². The Hall–Kier alpha value is -0.300. The average Bonchev–Trinajstić information content (AvgIpc) is 1.99. The summed E-state index contributed by atoms with van der Waals surface area (Å²) >= 11 is 0. The van der Waals surface area contributed by atoms with Gasteiger partial charge in [-0.1, -0.05) is 12.2 Å². The Bertz CT molecular complexity index is 151. The maximum Gasteiger partial charge on any atom is 0.00705 e. The number of hydrogen-bond donors (Lipinski definition) is 1. The third kappa shape index (κ3) is 0.988. The molecule has 1 saturated carbocycles. The third-order valence-corrected chi connectivity index (χ3v) is 2.93. The molecule has 0 amide bonds. The monoisotopic (exact) mass is 137 g/mol. The molecule has 0 heterocycles. The molecular formula is C9H15N. The Morgan fingerprint density at radius 2 is 2.20 bits per heavy atom. The van der Waals surface area contributed by atoms with E-state index in [9.17, 15) is 0 Å². The van der Waals surface area contributed by atoms with Gasteiger partial charge in [-0.15, -0.1) is 0 Å². The van der Waals surface area contributed by atoms with E-state index in [2.05, 4.69) is 12.2 Å². The van der Waals surface area contributed by atoms with E-state index in [1.807, 2.05) is 0 Å². The van der Waals surface area contributed by atoms with E-state index < -0.39 is 0 Å². The summed E-state index contributed by atoms with van der Waals surface area (Å²) in [6, 6.07) is 0.501. The second-order valence-corrected chi connectivity index (χ2v) is 3.66. The molecule has 10 heavy (non-hydrogen) atoms. The molecule has 0 spiro atoms. The summed E-state index contributed by atoms with van der Waals surface area (Å²) in [5.74, 6) is 1.68. The van der Waals surface area contributed by atoms with Crippen LogP contribution in [0, 0.1) is 11.8 Å². The highest BCUT2D eigenvalue weighted by atomic mass is 14.7. The summed E-state index contributed by atoms with van der Waals surface area (Å²) in [5, 5.41) is 0. The highest BCUT2D eigenvalue weighted by molar-refractivity contribution is 5.01. The zero-order chi connectivity index (χ0) is 6.97. The molecule has 2 aliphatic rings. The fraction of sp³-hybridized carbons (Fsp3) is 0.778. The van der Waals surface area contributed by atoms with Crippen LogP contribution in [0.3, 0.4) is 0 Å². The SMILES string of the molecule is NC1CCC2C=CCC1C2. The van der Waals surface area contributed by atoms with E-state index in [1.165, 1.54) is 25.7 Å². The van der Waals surface area contributed by atoms with Gasteiger partial charge in [-0.05, 0) is 37.5 Å². The first-order chi connectivity index (χ1) is 4.86. The summed E-state index contributed by atoms with van der Waals surface area (Å²) < 4.78 is 0. The highest BCUT2D eigenvalue weighted by Gasteiger charge is 2.28. The van der Waals surface area contributed by atoms with Gasteiger partial charge < -0.3 is 5.73 Å². The molecule has 0 aromatic heterocycles. The second-order valence-electron chi connectivity index (χ2n) is 3.66. The molecule has 0 aromatic rings. The lowest BCUT2D eigenvalue weighted by Gasteiger charge is -2.35. The van der Waals surface area contributed by atoms with E-state index >= 15 is 0 Å². The van der Waals surface area contributed by atoms with Crippen LogP contribution in [0.1, 0.15) is 25.7 Å². The minimum atomic E-state index is 0.501. The number of rotatable bonds is 0. The average molecular weight is 137 g/mol. The van der Waals surface area contributed by atoms with Crippen molar-refractivity contribution in [3.8, 4) is 0 Å². The highest BCUT2D eigenvalue weighted by Crippen LogP contribution is 2.34. The maximum absolute atomic E-state index is 5.95. The van der Waals surface area contributed by atoms with Crippen LogP contribution < -0.4 is 5.73 Å². The predicted octanol–water partition coefficient (Wildman–Crippen LogP) is 1.69. The molecule has 3 unspecified atom stereocenters. The molecular weight excluding hydrogens is 122 g/mol. The summed E-state index contributed by atoms with van der Waals surface area (Å²) in [6.07, 6.45) is 9.86. The van der Waals surface area contributed by atoms with E-state index in [-0.39, 0.29) is 0 Å². The van der Waals surface area contributed by atoms with Crippen molar-refractivity contribution in [3.05, 3.63) is 12.2 Å². The van der Waals surface area contributed by atoms with Gasteiger partial charge in [0.2, 0.25) is 0 Å². The molecule has 0 aromatic carbocycles. The molecule has 2 N–H and O–H groups in total. The number of nitrogens with two attached hydrogens (primary N) is 1. The largest absolute Gasteiger partial charge is 0.327 e. The molecule has 0 aliphatic heterocycles. The van der Waals surface area contributed by atoms with Crippen molar-refractivity contribution in [2.24, 2.45) is 17.6 Å². The van der Waals surface area contributed by atoms with E-state index in [1.54, 1.807) is 0 Å². The van der Waals surface area contributed by atoms with Gasteiger partial charge in [0.25, 0.3) is 0 Å². The molecule has 2 aliphatic carbocycles. The zero-order valence-corrected chi connectivity index (χ0v) is 6.29. The van der Waals surface area contributed by atoms with Crippen molar-refractivity contribution in [1.29, 1.82) is 0 Å². The van der Waals surface area contributed by atoms with Crippen LogP contribution in [0.15, 0.2) is 12.2 Å². The van der Waals surface area contributed by atoms with E-state index in [4.69, 9.17) is 5.73 Å². The number of fused-ring (bicyclic) bond motifs is 2. The molecule has 0 radical (unpaired) electrons. The fourth-order valence-electron chi connectivity index (χ4n) is 2.22. The first-order valence-corrected chi connectivity index (χ1v) is 4.28. The van der Waals surface area contributed by atoms with Gasteiger partial charge in [0.1, 0.15) is 0 Å². The molecule has 2 rings (SSSR count). The Balaban J connectivity index is 2.11. The van der Waals surface area contributed by atoms with Crippen molar-refractivity contribution < 1.29 is 0 Å². The van der Waals surface area contributed by atoms with Crippen LogP contribution in [0.2, 0.25) is 0 Å². The maximum atomic E-state index is 5.95. The lowest BCUT2D eigenvalue weighted by molar-refractivity contribution is 0.253. The van der Waals surface area contributed by atoms with Gasteiger partial charge in [-0.2, -0.15) is 0 Å². The normalized spacial score (nSPS) is 45.5. The van der Waals surface area contributed by atoms with Crippen LogP contribution in [0.5, 0.6) is 0 Å². The Labute approximate surface area is 62.3 Å². The molecule has 1 fully saturated rings. The summed E-state index contributed by atoms with van der Waals surface area (Å²) in [6.45, 7) is 0. The quantitative estimate of drug-likeness (QED) is 0.505. The molecule has 2 bridgehead atoms. The van der Waals surface area contributed by atoms with Gasteiger partial charge in [0, 0.05) is 6.04 Å². The molecule has 3 atom stereocenters. The van der Waals surface area contributed by atoms with Crippen molar-refractivity contribution in [1.82, 2.24) is 0 Å². The van der Waals surface area contributed by atoms with Crippen molar-refractivity contribution >= 4 is 0 Å². The van der Waals surface area contributed by atoms with Crippen LogP contribution in [-0.4, -0.2) is 6.04 Å². The zero-order valence-electron chi connectivity index (χ0n) is 6.29. The second kappa shape index (κ2) is 2.39. The smallest absolute Gasteiger partial charge is 0.00705 e. The molecule has 0 saturated heterocycles. The summed E-state index contributed by atoms with van der Waals surface area (Å²) in [4.78, 5) is 0. The number of hydrogen-bond acceptors (Lipinski definition) is 1. The van der Waals surface area contributed by atoms with Crippen LogP contribution >= 0.6 is 0 Å². The number of allylic oxidation sites excluding steroid dienone is 2.